The highest BCUT2D eigenvalue weighted by molar-refractivity contribution is 5.46. The molecule has 1 atom stereocenters. The first kappa shape index (κ1) is 9.23. The summed E-state index contributed by atoms with van der Waals surface area (Å²) in [6.45, 7) is 4.20. The first-order valence-electron chi connectivity index (χ1n) is 4.77. The lowest BCUT2D eigenvalue weighted by Crippen LogP contribution is -2.12. The fourth-order valence-corrected chi connectivity index (χ4v) is 2.21. The number of fused-ring (bicyclic) bond motifs is 1. The van der Waals surface area contributed by atoms with Gasteiger partial charge in [0.25, 0.3) is 0 Å². The van der Waals surface area contributed by atoms with Gasteiger partial charge in [-0.25, -0.2) is 0 Å². The minimum atomic E-state index is -0.368. The van der Waals surface area contributed by atoms with Gasteiger partial charge in [0.15, 0.2) is 0 Å². The van der Waals surface area contributed by atoms with Gasteiger partial charge in [-0.3, -0.25) is 0 Å². The number of nitrogens with zero attached hydrogens (tertiary/aromatic N) is 1. The zero-order chi connectivity index (χ0) is 10.3. The molecule has 0 saturated heterocycles. The largest absolute Gasteiger partial charge is 0.388 e. The van der Waals surface area contributed by atoms with Crippen LogP contribution in [-0.4, -0.2) is 5.11 Å². The Bertz CT molecular complexity index is 415. The monoisotopic (exact) mass is 187 g/mol. The fourth-order valence-electron chi connectivity index (χ4n) is 2.21. The number of aliphatic hydroxyl groups is 1. The summed E-state index contributed by atoms with van der Waals surface area (Å²) in [5.74, 6) is 0. The maximum atomic E-state index is 9.80. The van der Waals surface area contributed by atoms with Crippen LogP contribution in [0.1, 0.15) is 43.1 Å². The molecule has 1 aliphatic rings. The van der Waals surface area contributed by atoms with Crippen molar-refractivity contribution in [2.45, 2.75) is 31.8 Å². The Hall–Kier alpha value is -1.33. The summed E-state index contributed by atoms with van der Waals surface area (Å²) < 4.78 is 0. The van der Waals surface area contributed by atoms with E-state index in [4.69, 9.17) is 5.26 Å². The number of rotatable bonds is 0. The van der Waals surface area contributed by atoms with E-state index in [2.05, 4.69) is 19.9 Å². The van der Waals surface area contributed by atoms with Gasteiger partial charge in [0.05, 0.1) is 17.7 Å². The maximum Gasteiger partial charge on any atom is 0.0991 e. The summed E-state index contributed by atoms with van der Waals surface area (Å²) in [7, 11) is 0. The highest BCUT2D eigenvalue weighted by Crippen LogP contribution is 2.44. The normalized spacial score (nSPS) is 22.9. The van der Waals surface area contributed by atoms with E-state index < -0.39 is 0 Å². The summed E-state index contributed by atoms with van der Waals surface area (Å²) in [4.78, 5) is 0. The molecular weight excluding hydrogens is 174 g/mol. The van der Waals surface area contributed by atoms with Crippen molar-refractivity contribution in [1.29, 1.82) is 5.26 Å². The van der Waals surface area contributed by atoms with Crippen LogP contribution < -0.4 is 0 Å². The van der Waals surface area contributed by atoms with Crippen molar-refractivity contribution in [3.63, 3.8) is 0 Å². The topological polar surface area (TPSA) is 44.0 Å². The molecule has 14 heavy (non-hydrogen) atoms. The average molecular weight is 187 g/mol. The quantitative estimate of drug-likeness (QED) is 0.677. The molecule has 0 radical (unpaired) electrons. The van der Waals surface area contributed by atoms with Gasteiger partial charge in [0, 0.05) is 0 Å². The number of aliphatic hydroxyl groups excluding tert-OH is 1. The zero-order valence-electron chi connectivity index (χ0n) is 8.41. The molecule has 0 aromatic heterocycles. The zero-order valence-corrected chi connectivity index (χ0v) is 8.41. The van der Waals surface area contributed by atoms with E-state index in [1.807, 2.05) is 12.1 Å². The molecule has 2 nitrogen and oxygen atoms in total. The predicted octanol–water partition coefficient (Wildman–Crippen LogP) is 2.27. The molecule has 1 N–H and O–H groups in total. The van der Waals surface area contributed by atoms with Gasteiger partial charge in [-0.2, -0.15) is 5.26 Å². The maximum absolute atomic E-state index is 9.80. The van der Waals surface area contributed by atoms with Crippen molar-refractivity contribution in [2.75, 3.05) is 0 Å². The summed E-state index contributed by atoms with van der Waals surface area (Å²) in [6, 6.07) is 7.66. The lowest BCUT2D eigenvalue weighted by Gasteiger charge is -2.18. The molecular formula is C12H13NO. The number of hydrogen-bond donors (Lipinski definition) is 1. The molecule has 0 saturated carbocycles. The van der Waals surface area contributed by atoms with Gasteiger partial charge in [0.1, 0.15) is 0 Å². The van der Waals surface area contributed by atoms with Crippen LogP contribution in [0.3, 0.4) is 0 Å². The van der Waals surface area contributed by atoms with Crippen LogP contribution in [0.4, 0.5) is 0 Å². The first-order chi connectivity index (χ1) is 6.54. The highest BCUT2D eigenvalue weighted by Gasteiger charge is 2.35. The van der Waals surface area contributed by atoms with Crippen molar-refractivity contribution in [3.8, 4) is 6.07 Å². The van der Waals surface area contributed by atoms with Gasteiger partial charge in [-0.1, -0.05) is 19.9 Å². The second-order valence-corrected chi connectivity index (χ2v) is 4.52. The first-order valence-corrected chi connectivity index (χ1v) is 4.77. The molecule has 0 bridgehead atoms. The third kappa shape index (κ3) is 1.21. The summed E-state index contributed by atoms with van der Waals surface area (Å²) in [5, 5.41) is 18.6. The van der Waals surface area contributed by atoms with E-state index in [1.165, 1.54) is 0 Å². The second kappa shape index (κ2) is 2.83. The van der Waals surface area contributed by atoms with Crippen LogP contribution >= 0.6 is 0 Å². The third-order valence-corrected chi connectivity index (χ3v) is 2.97. The Kier molecular flexibility index (Phi) is 1.87. The van der Waals surface area contributed by atoms with E-state index in [0.29, 0.717) is 5.56 Å². The fraction of sp³-hybridized carbons (Fsp3) is 0.417. The molecule has 0 fully saturated rings. The minimum Gasteiger partial charge on any atom is -0.388 e. The van der Waals surface area contributed by atoms with E-state index >= 15 is 0 Å². The minimum absolute atomic E-state index is 0.0123. The van der Waals surface area contributed by atoms with Crippen molar-refractivity contribution >= 4 is 0 Å². The van der Waals surface area contributed by atoms with Crippen molar-refractivity contribution in [3.05, 3.63) is 34.9 Å². The molecule has 0 spiro atoms. The lowest BCUT2D eigenvalue weighted by molar-refractivity contribution is 0.161. The molecule has 1 unspecified atom stereocenters. The van der Waals surface area contributed by atoms with Gasteiger partial charge in [0.2, 0.25) is 0 Å². The van der Waals surface area contributed by atoms with Gasteiger partial charge >= 0.3 is 0 Å². The van der Waals surface area contributed by atoms with Crippen molar-refractivity contribution in [2.24, 2.45) is 0 Å². The van der Waals surface area contributed by atoms with E-state index in [1.54, 1.807) is 6.07 Å². The molecule has 0 amide bonds. The van der Waals surface area contributed by atoms with Crippen LogP contribution in [0.25, 0.3) is 0 Å². The van der Waals surface area contributed by atoms with Crippen LogP contribution in [0.5, 0.6) is 0 Å². The van der Waals surface area contributed by atoms with E-state index in [0.717, 1.165) is 17.5 Å². The number of nitriles is 1. The molecule has 1 aliphatic carbocycles. The van der Waals surface area contributed by atoms with Crippen molar-refractivity contribution in [1.82, 2.24) is 0 Å². The molecule has 1 aromatic carbocycles. The predicted molar refractivity (Wildman–Crippen MR) is 53.8 cm³/mol. The van der Waals surface area contributed by atoms with Gasteiger partial charge in [-0.15, -0.1) is 0 Å². The van der Waals surface area contributed by atoms with E-state index in [-0.39, 0.29) is 11.5 Å². The van der Waals surface area contributed by atoms with E-state index in [9.17, 15) is 5.11 Å². The highest BCUT2D eigenvalue weighted by atomic mass is 16.3. The smallest absolute Gasteiger partial charge is 0.0991 e. The Labute approximate surface area is 83.8 Å². The Balaban J connectivity index is 2.60. The number of benzene rings is 1. The Morgan fingerprint density at radius 1 is 1.50 bits per heavy atom. The van der Waals surface area contributed by atoms with Crippen molar-refractivity contribution < 1.29 is 5.11 Å². The molecule has 0 aliphatic heterocycles. The Morgan fingerprint density at radius 2 is 2.21 bits per heavy atom. The second-order valence-electron chi connectivity index (χ2n) is 4.52. The molecule has 0 heterocycles. The van der Waals surface area contributed by atoms with Crippen LogP contribution in [-0.2, 0) is 5.41 Å². The Morgan fingerprint density at radius 3 is 2.86 bits per heavy atom. The van der Waals surface area contributed by atoms with Crippen LogP contribution in [0.2, 0.25) is 0 Å². The summed E-state index contributed by atoms with van der Waals surface area (Å²) >= 11 is 0. The number of hydrogen-bond acceptors (Lipinski definition) is 2. The molecule has 2 rings (SSSR count). The molecule has 1 aromatic rings. The van der Waals surface area contributed by atoms with Crippen LogP contribution in [0.15, 0.2) is 18.2 Å². The summed E-state index contributed by atoms with van der Waals surface area (Å²) in [6.07, 6.45) is 0.379. The molecule has 72 valence electrons. The third-order valence-electron chi connectivity index (χ3n) is 2.97. The SMILES string of the molecule is CC1(C)CC(O)c2ccc(C#N)cc21. The van der Waals surface area contributed by atoms with Crippen LogP contribution in [0, 0.1) is 11.3 Å². The lowest BCUT2D eigenvalue weighted by atomic mass is 9.86. The molecule has 2 heteroatoms. The van der Waals surface area contributed by atoms with Gasteiger partial charge in [-0.05, 0) is 35.1 Å². The standard InChI is InChI=1S/C12H13NO/c1-12(2)6-11(14)9-4-3-8(7-13)5-10(9)12/h3-5,11,14H,6H2,1-2H3. The van der Waals surface area contributed by atoms with Gasteiger partial charge < -0.3 is 5.11 Å². The average Bonchev–Trinajstić information content (AvgIpc) is 2.37. The summed E-state index contributed by atoms with van der Waals surface area (Å²) in [5.41, 5.74) is 2.76.